The van der Waals surface area contributed by atoms with Crippen molar-refractivity contribution in [3.63, 3.8) is 0 Å². The average Bonchev–Trinajstić information content (AvgIpc) is 2.11. The molecular formula is C11H25Cl2N. The first-order valence-corrected chi connectivity index (χ1v) is 6.04. The van der Waals surface area contributed by atoms with Crippen LogP contribution >= 0.6 is 11.6 Å². The monoisotopic (exact) mass is 241 g/mol. The summed E-state index contributed by atoms with van der Waals surface area (Å²) < 4.78 is 0.954. The Morgan fingerprint density at radius 1 is 0.929 bits per heavy atom. The Morgan fingerprint density at radius 2 is 1.43 bits per heavy atom. The summed E-state index contributed by atoms with van der Waals surface area (Å²) >= 11 is 5.83. The lowest BCUT2D eigenvalue weighted by Gasteiger charge is -2.26. The lowest BCUT2D eigenvalue weighted by atomic mass is 10.1. The van der Waals surface area contributed by atoms with Crippen molar-refractivity contribution in [2.24, 2.45) is 0 Å². The smallest absolute Gasteiger partial charge is 0.154 e. The van der Waals surface area contributed by atoms with Crippen LogP contribution in [0, 0.1) is 0 Å². The van der Waals surface area contributed by atoms with Crippen LogP contribution in [-0.2, 0) is 0 Å². The van der Waals surface area contributed by atoms with Crippen LogP contribution in [0.2, 0.25) is 0 Å². The normalized spacial score (nSPS) is 11.1. The van der Waals surface area contributed by atoms with Gasteiger partial charge in [-0.3, -0.25) is 0 Å². The van der Waals surface area contributed by atoms with E-state index in [9.17, 15) is 0 Å². The molecule has 0 amide bonds. The molecule has 0 bridgehead atoms. The molecule has 1 nitrogen and oxygen atoms in total. The van der Waals surface area contributed by atoms with Gasteiger partial charge < -0.3 is 16.9 Å². The van der Waals surface area contributed by atoms with Gasteiger partial charge in [0.25, 0.3) is 0 Å². The molecule has 0 aromatic heterocycles. The van der Waals surface area contributed by atoms with Crippen molar-refractivity contribution < 1.29 is 16.9 Å². The molecule has 14 heavy (non-hydrogen) atoms. The molecule has 0 rings (SSSR count). The van der Waals surface area contributed by atoms with E-state index >= 15 is 0 Å². The van der Waals surface area contributed by atoms with Gasteiger partial charge in [-0.05, 0) is 12.8 Å². The number of nitrogens with zero attached hydrogens (tertiary/aromatic N) is 1. The predicted molar refractivity (Wildman–Crippen MR) is 61.1 cm³/mol. The van der Waals surface area contributed by atoms with Crippen molar-refractivity contribution >= 4 is 11.6 Å². The highest BCUT2D eigenvalue weighted by molar-refractivity contribution is 6.16. The van der Waals surface area contributed by atoms with Crippen LogP contribution in [0.3, 0.4) is 0 Å². The van der Waals surface area contributed by atoms with Gasteiger partial charge in [0.2, 0.25) is 0 Å². The molecule has 88 valence electrons. The zero-order valence-corrected chi connectivity index (χ0v) is 11.4. The molecule has 0 aliphatic carbocycles. The third-order valence-corrected chi connectivity index (χ3v) is 3.09. The standard InChI is InChI=1S/C11H25ClN.ClH/c1-4-5-6-7-8-9-10-13(2,3)11-12;/h4-11H2,1-3H3;1H/q+1;/p-1. The van der Waals surface area contributed by atoms with E-state index in [0.29, 0.717) is 0 Å². The molecule has 0 heterocycles. The van der Waals surface area contributed by atoms with E-state index in [1.807, 2.05) is 0 Å². The highest BCUT2D eigenvalue weighted by Gasteiger charge is 2.11. The van der Waals surface area contributed by atoms with Crippen LogP contribution < -0.4 is 12.4 Å². The zero-order chi connectivity index (χ0) is 10.2. The molecule has 0 saturated carbocycles. The molecule has 3 heteroatoms. The molecule has 0 aromatic carbocycles. The SMILES string of the molecule is CCCCCCCC[N+](C)(C)CCl.[Cl-]. The quantitative estimate of drug-likeness (QED) is 0.253. The van der Waals surface area contributed by atoms with Crippen LogP contribution in [0.4, 0.5) is 0 Å². The summed E-state index contributed by atoms with van der Waals surface area (Å²) in [5, 5.41) is 0. The van der Waals surface area contributed by atoms with E-state index in [1.165, 1.54) is 45.1 Å². The fraction of sp³-hybridized carbons (Fsp3) is 1.00. The largest absolute Gasteiger partial charge is 1.00 e. The Bertz CT molecular complexity index is 116. The summed E-state index contributed by atoms with van der Waals surface area (Å²) in [7, 11) is 4.39. The van der Waals surface area contributed by atoms with Crippen LogP contribution in [0.15, 0.2) is 0 Å². The van der Waals surface area contributed by atoms with Crippen molar-refractivity contribution in [2.45, 2.75) is 45.4 Å². The second-order valence-electron chi connectivity index (χ2n) is 4.55. The highest BCUT2D eigenvalue weighted by atomic mass is 35.5. The second kappa shape index (κ2) is 10.1. The Morgan fingerprint density at radius 3 is 1.93 bits per heavy atom. The van der Waals surface area contributed by atoms with E-state index in [1.54, 1.807) is 0 Å². The molecular weight excluding hydrogens is 217 g/mol. The van der Waals surface area contributed by atoms with Crippen molar-refractivity contribution in [2.75, 3.05) is 26.6 Å². The second-order valence-corrected chi connectivity index (χ2v) is 4.79. The van der Waals surface area contributed by atoms with Crippen molar-refractivity contribution in [3.05, 3.63) is 0 Å². The summed E-state index contributed by atoms with van der Waals surface area (Å²) in [6.45, 7) is 3.48. The van der Waals surface area contributed by atoms with E-state index < -0.39 is 0 Å². The topological polar surface area (TPSA) is 0 Å². The van der Waals surface area contributed by atoms with Gasteiger partial charge in [-0.1, -0.05) is 44.2 Å². The Kier molecular flexibility index (Phi) is 12.2. The molecule has 0 fully saturated rings. The van der Waals surface area contributed by atoms with Gasteiger partial charge in [0, 0.05) is 0 Å². The van der Waals surface area contributed by atoms with E-state index in [2.05, 4.69) is 21.0 Å². The summed E-state index contributed by atoms with van der Waals surface area (Å²) in [6, 6.07) is 0.731. The zero-order valence-electron chi connectivity index (χ0n) is 9.86. The van der Waals surface area contributed by atoms with Crippen molar-refractivity contribution in [3.8, 4) is 0 Å². The Labute approximate surface area is 101 Å². The van der Waals surface area contributed by atoms with Gasteiger partial charge in [0.15, 0.2) is 6.00 Å². The number of rotatable bonds is 8. The Balaban J connectivity index is 0. The Hall–Kier alpha value is 0.540. The van der Waals surface area contributed by atoms with Gasteiger partial charge in [0.05, 0.1) is 20.6 Å². The average molecular weight is 242 g/mol. The summed E-state index contributed by atoms with van der Waals surface area (Å²) in [5.41, 5.74) is 0. The van der Waals surface area contributed by atoms with Gasteiger partial charge in [-0.25, -0.2) is 0 Å². The van der Waals surface area contributed by atoms with E-state index in [0.717, 1.165) is 10.5 Å². The number of quaternary nitrogens is 1. The highest BCUT2D eigenvalue weighted by Crippen LogP contribution is 2.08. The minimum absolute atomic E-state index is 0. The third-order valence-electron chi connectivity index (χ3n) is 2.44. The van der Waals surface area contributed by atoms with Crippen LogP contribution in [0.1, 0.15) is 45.4 Å². The number of halogens is 2. The number of hydrogen-bond acceptors (Lipinski definition) is 0. The maximum absolute atomic E-state index is 5.83. The summed E-state index contributed by atoms with van der Waals surface area (Å²) in [5.74, 6) is 0. The fourth-order valence-corrected chi connectivity index (χ4v) is 1.50. The lowest BCUT2D eigenvalue weighted by molar-refractivity contribution is -0.879. The number of hydrogen-bond donors (Lipinski definition) is 0. The molecule has 0 aliphatic heterocycles. The number of alkyl halides is 1. The van der Waals surface area contributed by atoms with E-state index in [4.69, 9.17) is 11.6 Å². The van der Waals surface area contributed by atoms with Crippen LogP contribution in [0.25, 0.3) is 0 Å². The first kappa shape index (κ1) is 17.0. The van der Waals surface area contributed by atoms with Gasteiger partial charge in [-0.2, -0.15) is 0 Å². The predicted octanol–water partition coefficient (Wildman–Crippen LogP) is 0.624. The molecule has 0 saturated heterocycles. The van der Waals surface area contributed by atoms with Crippen molar-refractivity contribution in [1.82, 2.24) is 0 Å². The molecule has 0 aliphatic rings. The van der Waals surface area contributed by atoms with Crippen LogP contribution in [-0.4, -0.2) is 31.1 Å². The lowest BCUT2D eigenvalue weighted by Crippen LogP contribution is -3.00. The minimum Gasteiger partial charge on any atom is -1.00 e. The first-order chi connectivity index (χ1) is 6.12. The minimum atomic E-state index is 0. The third kappa shape index (κ3) is 10.6. The molecule has 0 radical (unpaired) electrons. The molecule has 0 spiro atoms. The molecule has 0 N–H and O–H groups in total. The maximum Gasteiger partial charge on any atom is 0.154 e. The fourth-order valence-electron chi connectivity index (χ4n) is 1.38. The molecule has 0 atom stereocenters. The first-order valence-electron chi connectivity index (χ1n) is 5.50. The van der Waals surface area contributed by atoms with E-state index in [-0.39, 0.29) is 12.4 Å². The number of unbranched alkanes of at least 4 members (excludes halogenated alkanes) is 5. The van der Waals surface area contributed by atoms with Gasteiger partial charge in [0.1, 0.15) is 0 Å². The molecule has 0 unspecified atom stereocenters. The summed E-state index contributed by atoms with van der Waals surface area (Å²) in [4.78, 5) is 0. The van der Waals surface area contributed by atoms with Crippen LogP contribution in [0.5, 0.6) is 0 Å². The maximum atomic E-state index is 5.83. The van der Waals surface area contributed by atoms with Gasteiger partial charge in [-0.15, -0.1) is 0 Å². The molecule has 0 aromatic rings. The van der Waals surface area contributed by atoms with Crippen molar-refractivity contribution in [1.29, 1.82) is 0 Å². The van der Waals surface area contributed by atoms with Gasteiger partial charge >= 0.3 is 0 Å². The summed E-state index contributed by atoms with van der Waals surface area (Å²) in [6.07, 6.45) is 8.24.